The van der Waals surface area contributed by atoms with Crippen molar-refractivity contribution in [2.24, 2.45) is 0 Å². The smallest absolute Gasteiger partial charge is 0.159 e. The number of rotatable bonds is 5. The zero-order chi connectivity index (χ0) is 44.7. The quantitative estimate of drug-likeness (QED) is 0.172. The Kier molecular flexibility index (Phi) is 8.05. The van der Waals surface area contributed by atoms with Crippen molar-refractivity contribution in [2.45, 2.75) is 56.8 Å². The predicted octanol–water partition coefficient (Wildman–Crippen LogP) is 17.7. The molecule has 3 nitrogen and oxygen atoms in total. The summed E-state index contributed by atoms with van der Waals surface area (Å²) in [7, 11) is 0. The average molecular weight is 873 g/mol. The first-order valence-electron chi connectivity index (χ1n) is 24.8. The molecule has 1 fully saturated rings. The van der Waals surface area contributed by atoms with Gasteiger partial charge in [0.05, 0.1) is 33.5 Å². The van der Waals surface area contributed by atoms with Crippen molar-refractivity contribution < 1.29 is 4.42 Å². The highest BCUT2D eigenvalue weighted by atomic mass is 16.3. The van der Waals surface area contributed by atoms with Crippen LogP contribution in [0.3, 0.4) is 0 Å². The molecule has 3 aliphatic rings. The molecule has 2 aliphatic carbocycles. The highest BCUT2D eigenvalue weighted by Crippen LogP contribution is 2.64. The van der Waals surface area contributed by atoms with E-state index in [0.717, 1.165) is 40.0 Å². The first-order chi connectivity index (χ1) is 33.7. The second kappa shape index (κ2) is 14.3. The Morgan fingerprint density at radius 3 is 2.01 bits per heavy atom. The normalized spacial score (nSPS) is 16.4. The first kappa shape index (κ1) is 38.2. The van der Waals surface area contributed by atoms with Gasteiger partial charge < -0.3 is 13.9 Å². The van der Waals surface area contributed by atoms with Crippen molar-refractivity contribution in [1.82, 2.24) is 4.57 Å². The summed E-state index contributed by atoms with van der Waals surface area (Å²) in [5.41, 5.74) is 18.9. The van der Waals surface area contributed by atoms with Crippen LogP contribution < -0.4 is 4.90 Å². The van der Waals surface area contributed by atoms with Crippen LogP contribution >= 0.6 is 0 Å². The molecule has 10 aromatic carbocycles. The van der Waals surface area contributed by atoms with Gasteiger partial charge in [0.2, 0.25) is 0 Å². The zero-order valence-corrected chi connectivity index (χ0v) is 38.1. The number of anilines is 3. The number of hydrogen-bond acceptors (Lipinski definition) is 2. The Morgan fingerprint density at radius 1 is 0.500 bits per heavy atom. The van der Waals surface area contributed by atoms with Gasteiger partial charge in [-0.2, -0.15) is 0 Å². The molecule has 15 rings (SSSR count). The highest BCUT2D eigenvalue weighted by Gasteiger charge is 2.52. The van der Waals surface area contributed by atoms with Crippen LogP contribution in [0.2, 0.25) is 0 Å². The molecule has 0 amide bonds. The number of aryl methyl sites for hydroxylation is 1. The monoisotopic (exact) mass is 872 g/mol. The van der Waals surface area contributed by atoms with Crippen LogP contribution in [0.25, 0.3) is 82.1 Å². The molecule has 1 atom stereocenters. The SMILES string of the molecule is CCc1ccc(N(c2cc3c(c4ccccc24)-c2c(ccc4ccccc24)C32c3ccccc3-n3c4ccccc4c4cccc2c43)c2cccc3c2oc2c(C4CCCCC4)cccc23)cc1. The molecule has 1 saturated carbocycles. The average Bonchev–Trinajstić information content (AvgIpc) is 4.06. The van der Waals surface area contributed by atoms with Gasteiger partial charge in [-0.1, -0.05) is 184 Å². The summed E-state index contributed by atoms with van der Waals surface area (Å²) in [6.45, 7) is 2.24. The molecule has 1 spiro atoms. The van der Waals surface area contributed by atoms with Crippen LogP contribution in [0, 0.1) is 0 Å². The standard InChI is InChI=1S/C65H48N2O/c1-2-40-33-36-43(37-34-40)66(58-32-16-27-51-50-26-14-24-45(63(50)68-64(51)58)41-17-4-3-5-18-41)59-39-55-61(48-23-9-8-21-46(48)59)60-44-20-7-6-19-42(44)35-38-53(60)65(55)52-28-11-13-31-57(52)67-56-30-12-10-22-47(56)49-25-15-29-54(65)62(49)67/h6-16,19-39,41H,2-5,17-18H2,1H3. The Morgan fingerprint density at radius 2 is 1.16 bits per heavy atom. The number of benzene rings is 10. The number of furan rings is 1. The predicted molar refractivity (Wildman–Crippen MR) is 284 cm³/mol. The molecule has 3 heterocycles. The summed E-state index contributed by atoms with van der Waals surface area (Å²) in [5, 5.41) is 9.90. The summed E-state index contributed by atoms with van der Waals surface area (Å²) in [5.74, 6) is 0.519. The van der Waals surface area contributed by atoms with Crippen molar-refractivity contribution in [2.75, 3.05) is 4.90 Å². The van der Waals surface area contributed by atoms with E-state index in [9.17, 15) is 0 Å². The molecule has 324 valence electrons. The van der Waals surface area contributed by atoms with Crippen molar-refractivity contribution in [3.63, 3.8) is 0 Å². The van der Waals surface area contributed by atoms with E-state index in [1.165, 1.54) is 131 Å². The van der Waals surface area contributed by atoms with Gasteiger partial charge in [0.25, 0.3) is 0 Å². The number of para-hydroxylation sites is 5. The number of fused-ring (bicyclic) bond motifs is 19. The first-order valence-corrected chi connectivity index (χ1v) is 24.8. The van der Waals surface area contributed by atoms with Gasteiger partial charge in [-0.05, 0) is 122 Å². The molecular weight excluding hydrogens is 825 g/mol. The van der Waals surface area contributed by atoms with Crippen molar-refractivity contribution in [3.8, 4) is 16.8 Å². The molecule has 68 heavy (non-hydrogen) atoms. The van der Waals surface area contributed by atoms with Crippen LogP contribution in [0.1, 0.15) is 78.3 Å². The van der Waals surface area contributed by atoms with E-state index in [-0.39, 0.29) is 0 Å². The third-order valence-corrected chi connectivity index (χ3v) is 16.3. The van der Waals surface area contributed by atoms with Crippen LogP contribution in [0.15, 0.2) is 199 Å². The van der Waals surface area contributed by atoms with Gasteiger partial charge in [0.1, 0.15) is 5.58 Å². The second-order valence-electron chi connectivity index (χ2n) is 19.6. The third kappa shape index (κ3) is 4.98. The van der Waals surface area contributed by atoms with E-state index in [1.54, 1.807) is 0 Å². The van der Waals surface area contributed by atoms with Crippen LogP contribution in [-0.4, -0.2) is 4.57 Å². The summed E-state index contributed by atoms with van der Waals surface area (Å²) in [4.78, 5) is 2.52. The Hall–Kier alpha value is -7.88. The molecular formula is C65H48N2O. The van der Waals surface area contributed by atoms with Crippen molar-refractivity contribution >= 4 is 82.4 Å². The topological polar surface area (TPSA) is 21.3 Å². The second-order valence-corrected chi connectivity index (χ2v) is 19.6. The molecule has 2 aromatic heterocycles. The lowest BCUT2D eigenvalue weighted by molar-refractivity contribution is 0.442. The Bertz CT molecular complexity index is 4070. The van der Waals surface area contributed by atoms with E-state index in [2.05, 4.69) is 211 Å². The number of nitrogens with zero attached hydrogens (tertiary/aromatic N) is 2. The van der Waals surface area contributed by atoms with Gasteiger partial charge in [0.15, 0.2) is 5.58 Å². The lowest BCUT2D eigenvalue weighted by Crippen LogP contribution is -2.33. The van der Waals surface area contributed by atoms with E-state index in [1.807, 2.05) is 0 Å². The molecule has 0 N–H and O–H groups in total. The fraction of sp³-hybridized carbons (Fsp3) is 0.138. The van der Waals surface area contributed by atoms with Crippen molar-refractivity contribution in [3.05, 3.63) is 228 Å². The summed E-state index contributed by atoms with van der Waals surface area (Å²) >= 11 is 0. The van der Waals surface area contributed by atoms with E-state index in [0.29, 0.717) is 5.92 Å². The molecule has 0 saturated heterocycles. The molecule has 0 radical (unpaired) electrons. The Balaban J connectivity index is 1.10. The maximum atomic E-state index is 7.36. The summed E-state index contributed by atoms with van der Waals surface area (Å²) in [6.07, 6.45) is 7.30. The van der Waals surface area contributed by atoms with Gasteiger partial charge in [-0.15, -0.1) is 0 Å². The molecule has 3 heteroatoms. The van der Waals surface area contributed by atoms with Gasteiger partial charge in [-0.25, -0.2) is 0 Å². The lowest BCUT2D eigenvalue weighted by Gasteiger charge is -2.40. The van der Waals surface area contributed by atoms with Gasteiger partial charge in [-0.3, -0.25) is 0 Å². The minimum atomic E-state index is -0.647. The number of aromatic nitrogens is 1. The summed E-state index contributed by atoms with van der Waals surface area (Å²) < 4.78 is 9.91. The summed E-state index contributed by atoms with van der Waals surface area (Å²) in [6, 6.07) is 73.8. The highest BCUT2D eigenvalue weighted by molar-refractivity contribution is 6.19. The number of hydrogen-bond donors (Lipinski definition) is 0. The fourth-order valence-electron chi connectivity index (χ4n) is 13.4. The maximum Gasteiger partial charge on any atom is 0.159 e. The zero-order valence-electron chi connectivity index (χ0n) is 38.1. The maximum absolute atomic E-state index is 7.36. The minimum absolute atomic E-state index is 0.519. The third-order valence-electron chi connectivity index (χ3n) is 16.3. The van der Waals surface area contributed by atoms with E-state index in [4.69, 9.17) is 4.42 Å². The molecule has 0 bridgehead atoms. The van der Waals surface area contributed by atoms with Crippen LogP contribution in [0.4, 0.5) is 17.1 Å². The van der Waals surface area contributed by atoms with Crippen molar-refractivity contribution in [1.29, 1.82) is 0 Å². The van der Waals surface area contributed by atoms with E-state index < -0.39 is 5.41 Å². The van der Waals surface area contributed by atoms with Gasteiger partial charge in [0, 0.05) is 32.6 Å². The van der Waals surface area contributed by atoms with Gasteiger partial charge >= 0.3 is 0 Å². The fourth-order valence-corrected chi connectivity index (χ4v) is 13.4. The Labute approximate surface area is 395 Å². The molecule has 1 unspecified atom stereocenters. The molecule has 12 aromatic rings. The minimum Gasteiger partial charge on any atom is -0.454 e. The van der Waals surface area contributed by atoms with E-state index >= 15 is 0 Å². The van der Waals surface area contributed by atoms with Crippen LogP contribution in [0.5, 0.6) is 0 Å². The lowest BCUT2D eigenvalue weighted by atomic mass is 9.65. The largest absolute Gasteiger partial charge is 0.454 e. The molecule has 1 aliphatic heterocycles. The van der Waals surface area contributed by atoms with Crippen LogP contribution in [-0.2, 0) is 11.8 Å².